The van der Waals surface area contributed by atoms with Gasteiger partial charge in [0.05, 0.1) is 6.61 Å². The SMILES string of the molecule is N=COOCCSCCO. The Bertz CT molecular complexity index is 81.3. The van der Waals surface area contributed by atoms with Crippen LogP contribution in [-0.4, -0.2) is 36.2 Å². The van der Waals surface area contributed by atoms with Crippen molar-refractivity contribution in [1.29, 1.82) is 5.41 Å². The zero-order valence-electron chi connectivity index (χ0n) is 5.58. The molecule has 0 aromatic rings. The van der Waals surface area contributed by atoms with Gasteiger partial charge in [-0.1, -0.05) is 0 Å². The van der Waals surface area contributed by atoms with Crippen LogP contribution in [-0.2, 0) is 9.78 Å². The van der Waals surface area contributed by atoms with E-state index in [4.69, 9.17) is 10.5 Å². The van der Waals surface area contributed by atoms with Gasteiger partial charge in [0.1, 0.15) is 6.61 Å². The summed E-state index contributed by atoms with van der Waals surface area (Å²) in [5.41, 5.74) is 0. The van der Waals surface area contributed by atoms with E-state index in [1.165, 1.54) is 0 Å². The number of nitrogens with one attached hydrogen (secondary N) is 1. The first kappa shape index (κ1) is 9.74. The van der Waals surface area contributed by atoms with E-state index in [-0.39, 0.29) is 6.61 Å². The van der Waals surface area contributed by atoms with Crippen LogP contribution in [0.25, 0.3) is 0 Å². The molecule has 0 saturated heterocycles. The van der Waals surface area contributed by atoms with Crippen molar-refractivity contribution in [1.82, 2.24) is 0 Å². The molecule has 0 unspecified atom stereocenters. The molecule has 0 spiro atoms. The average Bonchev–Trinajstić information content (AvgIpc) is 1.97. The molecule has 0 aromatic heterocycles. The van der Waals surface area contributed by atoms with Crippen molar-refractivity contribution < 1.29 is 14.9 Å². The van der Waals surface area contributed by atoms with E-state index in [9.17, 15) is 0 Å². The van der Waals surface area contributed by atoms with Crippen LogP contribution < -0.4 is 0 Å². The molecule has 4 nitrogen and oxygen atoms in total. The van der Waals surface area contributed by atoms with Crippen molar-refractivity contribution in [2.75, 3.05) is 24.7 Å². The number of aliphatic hydroxyl groups excluding tert-OH is 1. The summed E-state index contributed by atoms with van der Waals surface area (Å²) in [5, 5.41) is 14.7. The lowest BCUT2D eigenvalue weighted by Crippen LogP contribution is -1.98. The predicted octanol–water partition coefficient (Wildman–Crippen LogP) is 0.267. The third-order valence-electron chi connectivity index (χ3n) is 0.663. The highest BCUT2D eigenvalue weighted by Gasteiger charge is 1.87. The molecule has 0 amide bonds. The lowest BCUT2D eigenvalue weighted by atomic mass is 10.9. The van der Waals surface area contributed by atoms with Crippen LogP contribution in [0.1, 0.15) is 0 Å². The fourth-order valence-corrected chi connectivity index (χ4v) is 0.861. The van der Waals surface area contributed by atoms with Gasteiger partial charge in [-0.15, -0.1) is 0 Å². The quantitative estimate of drug-likeness (QED) is 0.187. The highest BCUT2D eigenvalue weighted by Crippen LogP contribution is 1.96. The molecular weight excluding hydrogens is 154 g/mol. The molecule has 0 aliphatic rings. The fraction of sp³-hybridized carbons (Fsp3) is 0.800. The Morgan fingerprint density at radius 2 is 2.30 bits per heavy atom. The lowest BCUT2D eigenvalue weighted by Gasteiger charge is -1.98. The number of aliphatic hydroxyl groups is 1. The summed E-state index contributed by atoms with van der Waals surface area (Å²) in [7, 11) is 0. The van der Waals surface area contributed by atoms with Crippen LogP contribution in [0.15, 0.2) is 0 Å². The van der Waals surface area contributed by atoms with Crippen molar-refractivity contribution in [3.8, 4) is 0 Å². The first-order valence-electron chi connectivity index (χ1n) is 2.87. The predicted molar refractivity (Wildman–Crippen MR) is 40.2 cm³/mol. The molecule has 0 atom stereocenters. The topological polar surface area (TPSA) is 62.5 Å². The lowest BCUT2D eigenvalue weighted by molar-refractivity contribution is -0.211. The van der Waals surface area contributed by atoms with Gasteiger partial charge >= 0.3 is 0 Å². The standard InChI is InChI=1S/C5H11NO3S/c6-5-9-8-2-4-10-3-1-7/h5-7H,1-4H2. The summed E-state index contributed by atoms with van der Waals surface area (Å²) < 4.78 is 0. The maximum absolute atomic E-state index is 8.34. The molecule has 10 heavy (non-hydrogen) atoms. The summed E-state index contributed by atoms with van der Waals surface area (Å²) in [6, 6.07) is 0. The third kappa shape index (κ3) is 7.74. The normalized spacial score (nSPS) is 9.30. The van der Waals surface area contributed by atoms with Gasteiger partial charge < -0.3 is 9.99 Å². The number of rotatable bonds is 7. The third-order valence-corrected chi connectivity index (χ3v) is 1.59. The second-order valence-corrected chi connectivity index (χ2v) is 2.60. The van der Waals surface area contributed by atoms with Gasteiger partial charge in [-0.3, -0.25) is 5.41 Å². The molecule has 0 bridgehead atoms. The van der Waals surface area contributed by atoms with Crippen LogP contribution in [0.4, 0.5) is 0 Å². The smallest absolute Gasteiger partial charge is 0.212 e. The van der Waals surface area contributed by atoms with Crippen molar-refractivity contribution in [3.05, 3.63) is 0 Å². The summed E-state index contributed by atoms with van der Waals surface area (Å²) in [5.74, 6) is 1.49. The maximum atomic E-state index is 8.34. The van der Waals surface area contributed by atoms with Crippen molar-refractivity contribution in [2.24, 2.45) is 0 Å². The molecule has 0 aliphatic heterocycles. The molecule has 0 radical (unpaired) electrons. The van der Waals surface area contributed by atoms with Gasteiger partial charge in [-0.05, 0) is 0 Å². The summed E-state index contributed by atoms with van der Waals surface area (Å²) >= 11 is 1.57. The minimum Gasteiger partial charge on any atom is -0.396 e. The Labute approximate surface area is 64.0 Å². The summed E-state index contributed by atoms with van der Waals surface area (Å²) in [4.78, 5) is 8.66. The van der Waals surface area contributed by atoms with E-state index in [1.807, 2.05) is 0 Å². The van der Waals surface area contributed by atoms with Crippen LogP contribution >= 0.6 is 11.8 Å². The largest absolute Gasteiger partial charge is 0.396 e. The van der Waals surface area contributed by atoms with Crippen LogP contribution in [0.2, 0.25) is 0 Å². The number of thioether (sulfide) groups is 1. The number of hydrogen-bond acceptors (Lipinski definition) is 5. The van der Waals surface area contributed by atoms with Crippen LogP contribution in [0.3, 0.4) is 0 Å². The first-order valence-corrected chi connectivity index (χ1v) is 4.03. The van der Waals surface area contributed by atoms with Gasteiger partial charge in [0.15, 0.2) is 0 Å². The monoisotopic (exact) mass is 165 g/mol. The van der Waals surface area contributed by atoms with Gasteiger partial charge in [0.25, 0.3) is 0 Å². The minimum atomic E-state index is 0.191. The zero-order chi connectivity index (χ0) is 7.66. The number of hydrogen-bond donors (Lipinski definition) is 2. The van der Waals surface area contributed by atoms with E-state index < -0.39 is 0 Å². The van der Waals surface area contributed by atoms with E-state index in [1.54, 1.807) is 11.8 Å². The minimum absolute atomic E-state index is 0.191. The highest BCUT2D eigenvalue weighted by molar-refractivity contribution is 7.99. The van der Waals surface area contributed by atoms with Crippen molar-refractivity contribution in [3.63, 3.8) is 0 Å². The van der Waals surface area contributed by atoms with Gasteiger partial charge in [0, 0.05) is 11.5 Å². The first-order chi connectivity index (χ1) is 4.91. The van der Waals surface area contributed by atoms with E-state index in [0.717, 1.165) is 12.2 Å². The molecule has 2 N–H and O–H groups in total. The summed E-state index contributed by atoms with van der Waals surface area (Å²) in [6.07, 6.45) is 0.733. The molecule has 0 heterocycles. The molecule has 0 aliphatic carbocycles. The van der Waals surface area contributed by atoms with Crippen LogP contribution in [0, 0.1) is 5.41 Å². The molecule has 0 rings (SSSR count). The second kappa shape index (κ2) is 8.74. The van der Waals surface area contributed by atoms with Crippen LogP contribution in [0.5, 0.6) is 0 Å². The van der Waals surface area contributed by atoms with E-state index in [0.29, 0.717) is 12.4 Å². The van der Waals surface area contributed by atoms with Gasteiger partial charge in [-0.25, -0.2) is 0 Å². The molecular formula is C5H11NO3S. The Kier molecular flexibility index (Phi) is 8.51. The average molecular weight is 165 g/mol. The summed E-state index contributed by atoms with van der Waals surface area (Å²) in [6.45, 7) is 0.635. The Morgan fingerprint density at radius 1 is 1.50 bits per heavy atom. The Balaban J connectivity index is 2.70. The molecule has 0 aromatic carbocycles. The molecule has 0 fully saturated rings. The van der Waals surface area contributed by atoms with Crippen molar-refractivity contribution in [2.45, 2.75) is 0 Å². The van der Waals surface area contributed by atoms with E-state index >= 15 is 0 Å². The molecule has 5 heteroatoms. The van der Waals surface area contributed by atoms with E-state index in [2.05, 4.69) is 9.78 Å². The fourth-order valence-electron chi connectivity index (χ4n) is 0.342. The van der Waals surface area contributed by atoms with Gasteiger partial charge in [-0.2, -0.15) is 16.6 Å². The van der Waals surface area contributed by atoms with Gasteiger partial charge in [0.2, 0.25) is 6.40 Å². The zero-order valence-corrected chi connectivity index (χ0v) is 6.39. The van der Waals surface area contributed by atoms with Crippen molar-refractivity contribution >= 4 is 18.2 Å². The highest BCUT2D eigenvalue weighted by atomic mass is 32.2. The molecule has 60 valence electrons. The second-order valence-electron chi connectivity index (χ2n) is 1.37. The maximum Gasteiger partial charge on any atom is 0.212 e. The Morgan fingerprint density at radius 3 is 2.90 bits per heavy atom. The Hall–Kier alpha value is -0.260. The molecule has 0 saturated carbocycles.